The van der Waals surface area contributed by atoms with Crippen molar-refractivity contribution in [1.82, 2.24) is 14.6 Å². The van der Waals surface area contributed by atoms with Crippen LogP contribution in [0.4, 0.5) is 14.5 Å². The van der Waals surface area contributed by atoms with E-state index in [0.29, 0.717) is 24.2 Å². The molecule has 0 spiro atoms. The van der Waals surface area contributed by atoms with Crippen molar-refractivity contribution >= 4 is 17.2 Å². The molecule has 1 N–H and O–H groups in total. The number of nitrogens with one attached hydrogen (secondary N) is 1. The van der Waals surface area contributed by atoms with Crippen LogP contribution in [-0.4, -0.2) is 20.5 Å². The van der Waals surface area contributed by atoms with Gasteiger partial charge in [-0.05, 0) is 25.0 Å². The van der Waals surface area contributed by atoms with Crippen molar-refractivity contribution in [2.24, 2.45) is 0 Å². The zero-order chi connectivity index (χ0) is 16.7. The van der Waals surface area contributed by atoms with Gasteiger partial charge in [-0.25, -0.2) is 18.3 Å². The van der Waals surface area contributed by atoms with E-state index in [2.05, 4.69) is 15.4 Å². The van der Waals surface area contributed by atoms with E-state index in [0.717, 1.165) is 12.5 Å². The quantitative estimate of drug-likeness (QED) is 0.804. The van der Waals surface area contributed by atoms with Crippen LogP contribution in [0.1, 0.15) is 24.8 Å². The highest BCUT2D eigenvalue weighted by Gasteiger charge is 2.47. The normalized spacial score (nSPS) is 15.9. The van der Waals surface area contributed by atoms with Crippen LogP contribution in [0.25, 0.3) is 5.65 Å². The number of amides is 1. The Bertz CT molecular complexity index is 933. The lowest BCUT2D eigenvalue weighted by molar-refractivity contribution is -0.124. The van der Waals surface area contributed by atoms with E-state index < -0.39 is 17.0 Å². The summed E-state index contributed by atoms with van der Waals surface area (Å²) in [4.78, 5) is 17.0. The number of nitrogens with zero attached hydrogens (tertiary/aromatic N) is 3. The molecule has 24 heavy (non-hydrogen) atoms. The summed E-state index contributed by atoms with van der Waals surface area (Å²) in [5, 5.41) is 6.92. The van der Waals surface area contributed by atoms with Gasteiger partial charge in [0.2, 0.25) is 5.91 Å². The fourth-order valence-corrected chi connectivity index (χ4v) is 3.18. The van der Waals surface area contributed by atoms with Gasteiger partial charge in [0.25, 0.3) is 0 Å². The van der Waals surface area contributed by atoms with Crippen molar-refractivity contribution < 1.29 is 13.6 Å². The SMILES string of the molecule is O=C(Nc1cnn2cccnc12)C1(c2ccc(F)cc2F)CCC1. The zero-order valence-electron chi connectivity index (χ0n) is 12.7. The largest absolute Gasteiger partial charge is 0.321 e. The average Bonchev–Trinajstić information content (AvgIpc) is 2.92. The molecule has 7 heteroatoms. The summed E-state index contributed by atoms with van der Waals surface area (Å²) in [6.07, 6.45) is 6.69. The third-order valence-electron chi connectivity index (χ3n) is 4.62. The number of hydrogen-bond acceptors (Lipinski definition) is 3. The highest BCUT2D eigenvalue weighted by molar-refractivity contribution is 6.02. The molecule has 2 aromatic heterocycles. The summed E-state index contributed by atoms with van der Waals surface area (Å²) in [5.74, 6) is -1.67. The van der Waals surface area contributed by atoms with E-state index in [9.17, 15) is 13.6 Å². The molecule has 1 saturated carbocycles. The van der Waals surface area contributed by atoms with Crippen molar-refractivity contribution in [3.05, 3.63) is 60.1 Å². The number of carbonyl (C=O) groups is 1. The lowest BCUT2D eigenvalue weighted by Crippen LogP contribution is -2.46. The summed E-state index contributed by atoms with van der Waals surface area (Å²) >= 11 is 0. The zero-order valence-corrected chi connectivity index (χ0v) is 12.7. The number of benzene rings is 1. The molecule has 1 aliphatic rings. The minimum Gasteiger partial charge on any atom is -0.321 e. The van der Waals surface area contributed by atoms with Crippen LogP contribution < -0.4 is 5.32 Å². The Morgan fingerprint density at radius 1 is 1.29 bits per heavy atom. The minimum absolute atomic E-state index is 0.233. The summed E-state index contributed by atoms with van der Waals surface area (Å²) in [6.45, 7) is 0. The molecule has 122 valence electrons. The Morgan fingerprint density at radius 2 is 2.12 bits per heavy atom. The Balaban J connectivity index is 1.69. The van der Waals surface area contributed by atoms with Crippen LogP contribution in [0, 0.1) is 11.6 Å². The first-order valence-electron chi connectivity index (χ1n) is 7.65. The molecule has 5 nitrogen and oxygen atoms in total. The lowest BCUT2D eigenvalue weighted by atomic mass is 9.63. The molecule has 0 saturated heterocycles. The number of fused-ring (bicyclic) bond motifs is 1. The van der Waals surface area contributed by atoms with Gasteiger partial charge < -0.3 is 5.32 Å². The third-order valence-corrected chi connectivity index (χ3v) is 4.62. The Morgan fingerprint density at radius 3 is 2.83 bits per heavy atom. The fourth-order valence-electron chi connectivity index (χ4n) is 3.18. The van der Waals surface area contributed by atoms with Crippen molar-refractivity contribution in [2.75, 3.05) is 5.32 Å². The predicted molar refractivity (Wildman–Crippen MR) is 83.5 cm³/mol. The molecule has 4 rings (SSSR count). The molecule has 0 unspecified atom stereocenters. The smallest absolute Gasteiger partial charge is 0.235 e. The molecule has 0 radical (unpaired) electrons. The molecule has 0 aliphatic heterocycles. The average molecular weight is 328 g/mol. The Hall–Kier alpha value is -2.83. The highest BCUT2D eigenvalue weighted by atomic mass is 19.1. The first-order valence-corrected chi connectivity index (χ1v) is 7.65. The van der Waals surface area contributed by atoms with Gasteiger partial charge in [-0.1, -0.05) is 12.5 Å². The van der Waals surface area contributed by atoms with Crippen LogP contribution in [0.2, 0.25) is 0 Å². The molecule has 0 atom stereocenters. The van der Waals surface area contributed by atoms with Crippen molar-refractivity contribution in [2.45, 2.75) is 24.7 Å². The number of rotatable bonds is 3. The summed E-state index contributed by atoms with van der Waals surface area (Å²) in [7, 11) is 0. The predicted octanol–water partition coefficient (Wildman–Crippen LogP) is 3.07. The topological polar surface area (TPSA) is 59.3 Å². The lowest BCUT2D eigenvalue weighted by Gasteiger charge is -2.40. The number of halogens is 2. The monoisotopic (exact) mass is 328 g/mol. The molecular formula is C17H14F2N4O. The van der Waals surface area contributed by atoms with E-state index in [1.807, 2.05) is 0 Å². The first kappa shape index (κ1) is 14.7. The second kappa shape index (κ2) is 5.36. The standard InChI is InChI=1S/C17H14F2N4O/c18-11-3-4-12(13(19)9-11)17(5-1-6-17)16(24)22-14-10-21-23-8-2-7-20-15(14)23/h2-4,7-10H,1,5-6H2,(H,22,24). The van der Waals surface area contributed by atoms with Gasteiger partial charge in [-0.3, -0.25) is 4.79 Å². The Labute approximate surface area is 136 Å². The van der Waals surface area contributed by atoms with Gasteiger partial charge in [-0.15, -0.1) is 0 Å². The Kier molecular flexibility index (Phi) is 3.30. The molecule has 3 aromatic rings. The van der Waals surface area contributed by atoms with Crippen LogP contribution in [-0.2, 0) is 10.2 Å². The maximum Gasteiger partial charge on any atom is 0.235 e. The molecule has 0 bridgehead atoms. The number of hydrogen-bond donors (Lipinski definition) is 1. The molecular weight excluding hydrogens is 314 g/mol. The highest BCUT2D eigenvalue weighted by Crippen LogP contribution is 2.45. The van der Waals surface area contributed by atoms with Crippen molar-refractivity contribution in [3.63, 3.8) is 0 Å². The molecule has 1 aromatic carbocycles. The maximum atomic E-state index is 14.2. The maximum absolute atomic E-state index is 14.2. The molecule has 1 fully saturated rings. The number of anilines is 1. The number of aromatic nitrogens is 3. The summed E-state index contributed by atoms with van der Waals surface area (Å²) in [6, 6.07) is 5.09. The molecule has 1 aliphatic carbocycles. The van der Waals surface area contributed by atoms with Crippen LogP contribution >= 0.6 is 0 Å². The van der Waals surface area contributed by atoms with Crippen LogP contribution in [0.3, 0.4) is 0 Å². The van der Waals surface area contributed by atoms with Crippen LogP contribution in [0.5, 0.6) is 0 Å². The molecule has 2 heterocycles. The van der Waals surface area contributed by atoms with Gasteiger partial charge >= 0.3 is 0 Å². The van der Waals surface area contributed by atoms with Crippen molar-refractivity contribution in [1.29, 1.82) is 0 Å². The van der Waals surface area contributed by atoms with Gasteiger partial charge in [0, 0.05) is 24.0 Å². The van der Waals surface area contributed by atoms with Gasteiger partial charge in [-0.2, -0.15) is 5.10 Å². The third kappa shape index (κ3) is 2.16. The first-order chi connectivity index (χ1) is 11.6. The van der Waals surface area contributed by atoms with Gasteiger partial charge in [0.05, 0.1) is 11.6 Å². The van der Waals surface area contributed by atoms with E-state index in [4.69, 9.17) is 0 Å². The molecule has 1 amide bonds. The van der Waals surface area contributed by atoms with Crippen LogP contribution in [0.15, 0.2) is 42.9 Å². The van der Waals surface area contributed by atoms with E-state index >= 15 is 0 Å². The summed E-state index contributed by atoms with van der Waals surface area (Å²) < 4.78 is 28.9. The van der Waals surface area contributed by atoms with E-state index in [1.165, 1.54) is 18.3 Å². The second-order valence-corrected chi connectivity index (χ2v) is 5.96. The van der Waals surface area contributed by atoms with Crippen molar-refractivity contribution in [3.8, 4) is 0 Å². The van der Waals surface area contributed by atoms with E-state index in [-0.39, 0.29) is 11.5 Å². The minimum atomic E-state index is -0.971. The number of carbonyl (C=O) groups excluding carboxylic acids is 1. The summed E-state index contributed by atoms with van der Waals surface area (Å²) in [5.41, 5.74) is 0.243. The fraction of sp³-hybridized carbons (Fsp3) is 0.235. The van der Waals surface area contributed by atoms with Gasteiger partial charge in [0.15, 0.2) is 5.65 Å². The van der Waals surface area contributed by atoms with E-state index in [1.54, 1.807) is 23.0 Å². The van der Waals surface area contributed by atoms with Gasteiger partial charge in [0.1, 0.15) is 17.3 Å². The second-order valence-electron chi connectivity index (χ2n) is 5.96.